The topological polar surface area (TPSA) is 33.1 Å². The molecule has 0 aliphatic carbocycles. The third kappa shape index (κ3) is 2.79. The van der Waals surface area contributed by atoms with Gasteiger partial charge in [-0.05, 0) is 19.8 Å². The molecule has 3 heteroatoms. The quantitative estimate of drug-likeness (QED) is 0.837. The highest BCUT2D eigenvalue weighted by Crippen LogP contribution is 2.29. The largest absolute Gasteiger partial charge is 0.396 e. The first kappa shape index (κ1) is 11.7. The van der Waals surface area contributed by atoms with Gasteiger partial charge in [0.15, 0.2) is 0 Å². The van der Waals surface area contributed by atoms with E-state index in [4.69, 9.17) is 5.11 Å². The maximum absolute atomic E-state index is 8.77. The van der Waals surface area contributed by atoms with Crippen LogP contribution >= 0.6 is 11.3 Å². The Morgan fingerprint density at radius 2 is 2.00 bits per heavy atom. The zero-order valence-electron chi connectivity index (χ0n) is 9.42. The number of rotatable bonds is 3. The van der Waals surface area contributed by atoms with Gasteiger partial charge in [-0.15, -0.1) is 11.3 Å². The minimum absolute atomic E-state index is 0.146. The summed E-state index contributed by atoms with van der Waals surface area (Å²) in [5.41, 5.74) is 1.28. The van der Waals surface area contributed by atoms with E-state index in [-0.39, 0.29) is 12.0 Å². The maximum Gasteiger partial charge on any atom is 0.0984 e. The fourth-order valence-electron chi connectivity index (χ4n) is 1.22. The predicted octanol–water partition coefficient (Wildman–Crippen LogP) is 2.67. The molecule has 0 unspecified atom stereocenters. The molecule has 0 aromatic carbocycles. The Bertz CT molecular complexity index is 299. The van der Waals surface area contributed by atoms with Gasteiger partial charge in [0.05, 0.1) is 10.7 Å². The lowest BCUT2D eigenvalue weighted by molar-refractivity contribution is 0.289. The zero-order chi connectivity index (χ0) is 10.8. The summed E-state index contributed by atoms with van der Waals surface area (Å²) in [6, 6.07) is 0. The number of aliphatic hydroxyl groups is 1. The third-order valence-corrected chi connectivity index (χ3v) is 3.74. The molecule has 1 rings (SSSR count). The van der Waals surface area contributed by atoms with Crippen molar-refractivity contribution in [3.63, 3.8) is 0 Å². The summed E-state index contributed by atoms with van der Waals surface area (Å²) < 4.78 is 0. The molecule has 2 nitrogen and oxygen atoms in total. The molecule has 0 spiro atoms. The van der Waals surface area contributed by atoms with E-state index >= 15 is 0 Å². The molecule has 1 aromatic rings. The van der Waals surface area contributed by atoms with Crippen LogP contribution in [0.2, 0.25) is 0 Å². The van der Waals surface area contributed by atoms with Gasteiger partial charge < -0.3 is 5.11 Å². The first-order chi connectivity index (χ1) is 6.45. The van der Waals surface area contributed by atoms with Crippen LogP contribution in [-0.2, 0) is 11.8 Å². The molecule has 14 heavy (non-hydrogen) atoms. The maximum atomic E-state index is 8.77. The van der Waals surface area contributed by atoms with Gasteiger partial charge in [-0.3, -0.25) is 0 Å². The summed E-state index contributed by atoms with van der Waals surface area (Å²) in [6.45, 7) is 8.87. The van der Waals surface area contributed by atoms with Crippen LogP contribution in [0.3, 0.4) is 0 Å². The van der Waals surface area contributed by atoms with E-state index in [1.165, 1.54) is 9.88 Å². The van der Waals surface area contributed by atoms with Crippen LogP contribution in [0, 0.1) is 6.92 Å². The summed E-state index contributed by atoms with van der Waals surface area (Å²) in [5.74, 6) is 0. The van der Waals surface area contributed by atoms with E-state index in [9.17, 15) is 0 Å². The molecule has 1 heterocycles. The van der Waals surface area contributed by atoms with E-state index in [1.807, 2.05) is 0 Å². The predicted molar refractivity (Wildman–Crippen MR) is 61.0 cm³/mol. The van der Waals surface area contributed by atoms with E-state index in [1.54, 1.807) is 11.3 Å². The molecule has 0 amide bonds. The first-order valence-corrected chi connectivity index (χ1v) is 5.84. The molecule has 80 valence electrons. The van der Waals surface area contributed by atoms with Crippen molar-refractivity contribution < 1.29 is 5.11 Å². The van der Waals surface area contributed by atoms with Gasteiger partial charge in [0, 0.05) is 16.9 Å². The number of hydrogen-bond acceptors (Lipinski definition) is 3. The average molecular weight is 213 g/mol. The van der Waals surface area contributed by atoms with Gasteiger partial charge in [0.1, 0.15) is 0 Å². The highest BCUT2D eigenvalue weighted by molar-refractivity contribution is 7.11. The fourth-order valence-corrected chi connectivity index (χ4v) is 2.38. The van der Waals surface area contributed by atoms with Crippen LogP contribution in [0.5, 0.6) is 0 Å². The minimum atomic E-state index is 0.146. The molecule has 0 radical (unpaired) electrons. The van der Waals surface area contributed by atoms with Gasteiger partial charge >= 0.3 is 0 Å². The Labute approximate surface area is 90.0 Å². The van der Waals surface area contributed by atoms with Crippen LogP contribution in [0.15, 0.2) is 0 Å². The summed E-state index contributed by atoms with van der Waals surface area (Å²) in [4.78, 5) is 5.89. The van der Waals surface area contributed by atoms with E-state index in [2.05, 4.69) is 32.7 Å². The van der Waals surface area contributed by atoms with E-state index < -0.39 is 0 Å². The standard InChI is InChI=1S/C11H19NOS/c1-8-9(6-5-7-13)14-10(12-8)11(2,3)4/h13H,5-7H2,1-4H3. The Morgan fingerprint density at radius 1 is 1.36 bits per heavy atom. The molecule has 1 N–H and O–H groups in total. The second kappa shape index (κ2) is 4.41. The molecule has 0 atom stereocenters. The molecule has 0 aliphatic heterocycles. The number of aryl methyl sites for hydroxylation is 2. The van der Waals surface area contributed by atoms with Crippen molar-refractivity contribution in [2.45, 2.75) is 46.0 Å². The molecule has 0 bridgehead atoms. The first-order valence-electron chi connectivity index (χ1n) is 5.03. The van der Waals surface area contributed by atoms with Crippen molar-refractivity contribution in [1.29, 1.82) is 0 Å². The van der Waals surface area contributed by atoms with Crippen LogP contribution in [0.4, 0.5) is 0 Å². The van der Waals surface area contributed by atoms with Crippen molar-refractivity contribution in [1.82, 2.24) is 4.98 Å². The molecule has 0 aliphatic rings. The van der Waals surface area contributed by atoms with Crippen molar-refractivity contribution >= 4 is 11.3 Å². The summed E-state index contributed by atoms with van der Waals surface area (Å²) in [5, 5.41) is 9.97. The summed E-state index contributed by atoms with van der Waals surface area (Å²) in [7, 11) is 0. The van der Waals surface area contributed by atoms with Crippen LogP contribution in [0.1, 0.15) is 42.8 Å². The number of nitrogens with zero attached hydrogens (tertiary/aromatic N) is 1. The molecular weight excluding hydrogens is 194 g/mol. The highest BCUT2D eigenvalue weighted by Gasteiger charge is 2.19. The molecule has 0 saturated carbocycles. The molecule has 0 fully saturated rings. The number of thiazole rings is 1. The molecular formula is C11H19NOS. The van der Waals surface area contributed by atoms with Gasteiger partial charge in [-0.2, -0.15) is 0 Å². The summed E-state index contributed by atoms with van der Waals surface area (Å²) in [6.07, 6.45) is 1.79. The number of hydrogen-bond donors (Lipinski definition) is 1. The SMILES string of the molecule is Cc1nc(C(C)(C)C)sc1CCCO. The van der Waals surface area contributed by atoms with E-state index in [0.717, 1.165) is 18.5 Å². The lowest BCUT2D eigenvalue weighted by Gasteiger charge is -2.13. The number of aliphatic hydroxyl groups excluding tert-OH is 1. The lowest BCUT2D eigenvalue weighted by Crippen LogP contribution is -2.10. The van der Waals surface area contributed by atoms with Crippen LogP contribution in [-0.4, -0.2) is 16.7 Å². The third-order valence-electron chi connectivity index (χ3n) is 2.10. The number of aromatic nitrogens is 1. The second-order valence-corrected chi connectivity index (χ2v) is 5.69. The average Bonchev–Trinajstić information content (AvgIpc) is 2.43. The Hall–Kier alpha value is -0.410. The van der Waals surface area contributed by atoms with Crippen molar-refractivity contribution in [2.24, 2.45) is 0 Å². The van der Waals surface area contributed by atoms with Crippen molar-refractivity contribution in [3.8, 4) is 0 Å². The van der Waals surface area contributed by atoms with Gasteiger partial charge in [-0.25, -0.2) is 4.98 Å². The molecule has 0 saturated heterocycles. The monoisotopic (exact) mass is 213 g/mol. The van der Waals surface area contributed by atoms with Crippen LogP contribution in [0.25, 0.3) is 0 Å². The fraction of sp³-hybridized carbons (Fsp3) is 0.727. The van der Waals surface area contributed by atoms with E-state index in [0.29, 0.717) is 0 Å². The lowest BCUT2D eigenvalue weighted by atomic mass is 9.98. The van der Waals surface area contributed by atoms with Crippen molar-refractivity contribution in [3.05, 3.63) is 15.6 Å². The van der Waals surface area contributed by atoms with Crippen LogP contribution < -0.4 is 0 Å². The minimum Gasteiger partial charge on any atom is -0.396 e. The molecule has 1 aromatic heterocycles. The van der Waals surface area contributed by atoms with Gasteiger partial charge in [0.2, 0.25) is 0 Å². The highest BCUT2D eigenvalue weighted by atomic mass is 32.1. The summed E-state index contributed by atoms with van der Waals surface area (Å²) >= 11 is 1.78. The Morgan fingerprint density at radius 3 is 2.43 bits per heavy atom. The Balaban J connectivity index is 2.82. The zero-order valence-corrected chi connectivity index (χ0v) is 10.2. The smallest absolute Gasteiger partial charge is 0.0984 e. The normalized spacial score (nSPS) is 12.1. The van der Waals surface area contributed by atoms with Gasteiger partial charge in [0.25, 0.3) is 0 Å². The second-order valence-electron chi connectivity index (χ2n) is 4.60. The van der Waals surface area contributed by atoms with Crippen molar-refractivity contribution in [2.75, 3.05) is 6.61 Å². The Kier molecular flexibility index (Phi) is 3.67. The van der Waals surface area contributed by atoms with Gasteiger partial charge in [-0.1, -0.05) is 20.8 Å².